The number of pyridine rings is 1. The number of fused-ring (bicyclic) bond motifs is 1. The van der Waals surface area contributed by atoms with E-state index in [1.165, 1.54) is 0 Å². The third kappa shape index (κ3) is 0.918. The van der Waals surface area contributed by atoms with Gasteiger partial charge in [0, 0.05) is 6.20 Å². The van der Waals surface area contributed by atoms with Gasteiger partial charge in [-0.25, -0.2) is 13.4 Å². The van der Waals surface area contributed by atoms with Crippen LogP contribution in [0.25, 0.3) is 11.2 Å². The highest BCUT2D eigenvalue weighted by Gasteiger charge is 2.13. The van der Waals surface area contributed by atoms with E-state index in [9.17, 15) is 8.42 Å². The van der Waals surface area contributed by atoms with Gasteiger partial charge in [-0.2, -0.15) is 4.09 Å². The number of hydrogen-bond acceptors (Lipinski definition) is 3. The van der Waals surface area contributed by atoms with E-state index in [0.717, 1.165) is 15.9 Å². The molecule has 0 fully saturated rings. The lowest BCUT2D eigenvalue weighted by molar-refractivity contribution is 0.585. The van der Waals surface area contributed by atoms with Crippen molar-refractivity contribution in [1.29, 1.82) is 0 Å². The molecule has 0 bridgehead atoms. The molecule has 0 aromatic carbocycles. The van der Waals surface area contributed by atoms with Crippen LogP contribution in [-0.4, -0.2) is 28.8 Å². The molecule has 1 N–H and O–H groups in total. The van der Waals surface area contributed by atoms with E-state index in [1.54, 1.807) is 18.3 Å². The van der Waals surface area contributed by atoms with Gasteiger partial charge in [-0.05, 0) is 12.1 Å². The standard InChI is InChI=1S/C6H7N3O2S/c1-12(10,11)9-6-5(8-9)3-2-4-7-6/h2-4,8H,1H3. The van der Waals surface area contributed by atoms with Crippen molar-refractivity contribution in [3.63, 3.8) is 0 Å². The van der Waals surface area contributed by atoms with Crippen LogP contribution in [0.4, 0.5) is 0 Å². The fourth-order valence-corrected chi connectivity index (χ4v) is 1.72. The van der Waals surface area contributed by atoms with Crippen molar-refractivity contribution in [3.05, 3.63) is 18.3 Å². The first-order valence-electron chi connectivity index (χ1n) is 3.31. The Labute approximate surface area is 69.1 Å². The zero-order chi connectivity index (χ0) is 8.77. The van der Waals surface area contributed by atoms with Crippen LogP contribution in [0.1, 0.15) is 0 Å². The molecule has 0 amide bonds. The average molecular weight is 185 g/mol. The summed E-state index contributed by atoms with van der Waals surface area (Å²) in [4.78, 5) is 3.90. The quantitative estimate of drug-likeness (QED) is 0.688. The lowest BCUT2D eigenvalue weighted by Crippen LogP contribution is -2.19. The van der Waals surface area contributed by atoms with Crippen molar-refractivity contribution in [2.24, 2.45) is 0 Å². The molecular weight excluding hydrogens is 178 g/mol. The molecule has 0 saturated heterocycles. The van der Waals surface area contributed by atoms with Crippen molar-refractivity contribution in [3.8, 4) is 0 Å². The molecule has 0 unspecified atom stereocenters. The van der Waals surface area contributed by atoms with Crippen molar-refractivity contribution >= 4 is 21.2 Å². The molecule has 0 aliphatic carbocycles. The highest BCUT2D eigenvalue weighted by atomic mass is 32.2. The molecule has 2 aromatic heterocycles. The van der Waals surface area contributed by atoms with Crippen LogP contribution in [0.15, 0.2) is 18.3 Å². The Morgan fingerprint density at radius 2 is 2.33 bits per heavy atom. The van der Waals surface area contributed by atoms with Crippen LogP contribution < -0.4 is 0 Å². The summed E-state index contributed by atoms with van der Waals surface area (Å²) in [6.07, 6.45) is 2.68. The number of H-pyrrole nitrogens is 1. The van der Waals surface area contributed by atoms with E-state index in [1.807, 2.05) is 0 Å². The first-order valence-corrected chi connectivity index (χ1v) is 5.16. The lowest BCUT2D eigenvalue weighted by atomic mass is 10.4. The second kappa shape index (κ2) is 2.10. The predicted molar refractivity (Wildman–Crippen MR) is 44.3 cm³/mol. The highest BCUT2D eigenvalue weighted by molar-refractivity contribution is 7.89. The number of nitrogens with zero attached hydrogens (tertiary/aromatic N) is 2. The molecule has 12 heavy (non-hydrogen) atoms. The Kier molecular flexibility index (Phi) is 1.29. The smallest absolute Gasteiger partial charge is 0.251 e. The monoisotopic (exact) mass is 185 g/mol. The minimum Gasteiger partial charge on any atom is -0.279 e. The summed E-state index contributed by atoms with van der Waals surface area (Å²) < 4.78 is 23.0. The summed E-state index contributed by atoms with van der Waals surface area (Å²) in [7, 11) is -3.22. The van der Waals surface area contributed by atoms with E-state index in [-0.39, 0.29) is 0 Å². The third-order valence-corrected chi connectivity index (χ3v) is 2.46. The van der Waals surface area contributed by atoms with E-state index in [2.05, 4.69) is 10.1 Å². The molecule has 0 radical (unpaired) electrons. The van der Waals surface area contributed by atoms with Crippen LogP contribution in [0.5, 0.6) is 0 Å². The normalized spacial score (nSPS) is 12.4. The van der Waals surface area contributed by atoms with Crippen molar-refractivity contribution in [1.82, 2.24) is 14.2 Å². The third-order valence-electron chi connectivity index (χ3n) is 1.53. The molecule has 5 nitrogen and oxygen atoms in total. The first kappa shape index (κ1) is 7.35. The second-order valence-electron chi connectivity index (χ2n) is 2.51. The number of rotatable bonds is 1. The largest absolute Gasteiger partial charge is 0.279 e. The maximum absolute atomic E-state index is 11.0. The fraction of sp³-hybridized carbons (Fsp3) is 0.167. The van der Waals surface area contributed by atoms with E-state index in [0.29, 0.717) is 5.65 Å². The molecule has 64 valence electrons. The number of aromatic nitrogens is 3. The summed E-state index contributed by atoms with van der Waals surface area (Å²) in [6, 6.07) is 3.51. The zero-order valence-corrected chi connectivity index (χ0v) is 7.17. The van der Waals surface area contributed by atoms with E-state index >= 15 is 0 Å². The van der Waals surface area contributed by atoms with Crippen LogP contribution in [-0.2, 0) is 10.0 Å². The summed E-state index contributed by atoms with van der Waals surface area (Å²) in [5, 5.41) is 2.65. The Balaban J connectivity index is 2.72. The van der Waals surface area contributed by atoms with Crippen LogP contribution in [0.3, 0.4) is 0 Å². The van der Waals surface area contributed by atoms with Gasteiger partial charge in [-0.1, -0.05) is 0 Å². The first-order chi connectivity index (χ1) is 5.59. The van der Waals surface area contributed by atoms with Gasteiger partial charge in [-0.15, -0.1) is 0 Å². The molecule has 2 heterocycles. The molecule has 0 aliphatic heterocycles. The molecular formula is C6H7N3O2S. The predicted octanol–water partition coefficient (Wildman–Crippen LogP) is 0.172. The average Bonchev–Trinajstić information content (AvgIpc) is 1.88. The molecule has 0 saturated carbocycles. The van der Waals surface area contributed by atoms with Gasteiger partial charge in [0.2, 0.25) is 0 Å². The Hall–Kier alpha value is -1.30. The van der Waals surface area contributed by atoms with Gasteiger partial charge < -0.3 is 0 Å². The van der Waals surface area contributed by atoms with Gasteiger partial charge in [0.25, 0.3) is 10.0 Å². The Morgan fingerprint density at radius 3 is 2.92 bits per heavy atom. The van der Waals surface area contributed by atoms with Crippen LogP contribution in [0, 0.1) is 0 Å². The molecule has 0 aliphatic rings. The SMILES string of the molecule is CS(=O)(=O)n1[nH]c2cccnc21. The molecule has 0 spiro atoms. The molecule has 2 rings (SSSR count). The van der Waals surface area contributed by atoms with Gasteiger partial charge in [0.15, 0.2) is 5.65 Å². The number of hydrogen-bond donors (Lipinski definition) is 1. The van der Waals surface area contributed by atoms with Crippen molar-refractivity contribution in [2.45, 2.75) is 0 Å². The Bertz CT molecular complexity index is 508. The number of nitrogens with one attached hydrogen (secondary N) is 1. The van der Waals surface area contributed by atoms with E-state index in [4.69, 9.17) is 0 Å². The molecule has 0 atom stereocenters. The topological polar surface area (TPSA) is 67.8 Å². The Morgan fingerprint density at radius 1 is 1.58 bits per heavy atom. The fourth-order valence-electron chi connectivity index (χ4n) is 0.995. The van der Waals surface area contributed by atoms with Crippen molar-refractivity contribution < 1.29 is 8.42 Å². The van der Waals surface area contributed by atoms with Crippen molar-refractivity contribution in [2.75, 3.05) is 6.26 Å². The lowest BCUT2D eigenvalue weighted by Gasteiger charge is -2.11. The van der Waals surface area contributed by atoms with Crippen LogP contribution >= 0.6 is 0 Å². The molecule has 6 heteroatoms. The van der Waals surface area contributed by atoms with Gasteiger partial charge in [0.1, 0.15) is 5.52 Å². The van der Waals surface area contributed by atoms with Gasteiger partial charge >= 0.3 is 0 Å². The number of aromatic amines is 1. The summed E-state index contributed by atoms with van der Waals surface area (Å²) in [6.45, 7) is 0. The highest BCUT2D eigenvalue weighted by Crippen LogP contribution is 2.11. The van der Waals surface area contributed by atoms with E-state index < -0.39 is 10.0 Å². The van der Waals surface area contributed by atoms with Crippen LogP contribution in [0.2, 0.25) is 0 Å². The summed E-state index contributed by atoms with van der Waals surface area (Å²) in [5.74, 6) is 0. The maximum atomic E-state index is 11.0. The maximum Gasteiger partial charge on any atom is 0.251 e. The minimum absolute atomic E-state index is 0.458. The summed E-state index contributed by atoms with van der Waals surface area (Å²) >= 11 is 0. The zero-order valence-electron chi connectivity index (χ0n) is 6.35. The van der Waals surface area contributed by atoms with Gasteiger partial charge in [0.05, 0.1) is 6.26 Å². The second-order valence-corrected chi connectivity index (χ2v) is 4.34. The summed E-state index contributed by atoms with van der Waals surface area (Å²) in [5.41, 5.74) is 1.20. The van der Waals surface area contributed by atoms with Gasteiger partial charge in [-0.3, -0.25) is 5.10 Å². The minimum atomic E-state index is -3.22. The molecule has 2 aromatic rings.